The zero-order valence-corrected chi connectivity index (χ0v) is 22.7. The molecule has 0 aliphatic carbocycles. The molecule has 39 heavy (non-hydrogen) atoms. The molecule has 0 bridgehead atoms. The molecule has 3 aromatic rings. The number of benzene rings is 1. The Labute approximate surface area is 227 Å². The minimum absolute atomic E-state index is 0.0490. The van der Waals surface area contributed by atoms with Crippen molar-refractivity contribution < 1.29 is 18.5 Å². The summed E-state index contributed by atoms with van der Waals surface area (Å²) >= 11 is 0. The summed E-state index contributed by atoms with van der Waals surface area (Å²) in [6.07, 6.45) is 6.13. The zero-order valence-electron chi connectivity index (χ0n) is 22.7. The average molecular weight is 539 g/mol. The Morgan fingerprint density at radius 1 is 1.15 bits per heavy atom. The Hall–Kier alpha value is -4.32. The van der Waals surface area contributed by atoms with Gasteiger partial charge in [0, 0.05) is 57.1 Å². The van der Waals surface area contributed by atoms with Gasteiger partial charge in [0.25, 0.3) is 0 Å². The Kier molecular flexibility index (Phi) is 10.9. The summed E-state index contributed by atoms with van der Waals surface area (Å²) in [4.78, 5) is 36.5. The third-order valence-corrected chi connectivity index (χ3v) is 5.43. The first-order valence-corrected chi connectivity index (χ1v) is 12.7. The van der Waals surface area contributed by atoms with E-state index in [-0.39, 0.29) is 24.2 Å². The van der Waals surface area contributed by atoms with E-state index in [1.807, 2.05) is 25.9 Å². The first-order chi connectivity index (χ1) is 18.7. The Bertz CT molecular complexity index is 1280. The molecule has 0 fully saturated rings. The lowest BCUT2D eigenvalue weighted by atomic mass is 10.2. The van der Waals surface area contributed by atoms with E-state index in [1.165, 1.54) is 23.1 Å². The second-order valence-corrected chi connectivity index (χ2v) is 9.16. The number of carbonyl (C=O) groups is 2. The van der Waals surface area contributed by atoms with Crippen molar-refractivity contribution in [1.29, 1.82) is 0 Å². The number of carbonyl (C=O) groups excluding carboxylic acids is 2. The van der Waals surface area contributed by atoms with Crippen LogP contribution in [0.2, 0.25) is 0 Å². The highest BCUT2D eigenvalue weighted by atomic mass is 19.1. The minimum atomic E-state index is -0.361. The molecule has 2 amide bonds. The molecule has 3 N–H and O–H groups in total. The number of nitrogens with one attached hydrogen (secondary N) is 3. The molecule has 208 valence electrons. The monoisotopic (exact) mass is 538 g/mol. The van der Waals surface area contributed by atoms with Gasteiger partial charge < -0.3 is 30.3 Å². The third-order valence-electron chi connectivity index (χ3n) is 5.43. The Morgan fingerprint density at radius 3 is 2.72 bits per heavy atom. The molecule has 0 spiro atoms. The molecule has 0 aliphatic rings. The fraction of sp³-hybridized carbons (Fsp3) is 0.370. The summed E-state index contributed by atoms with van der Waals surface area (Å²) in [6.45, 7) is 3.63. The molecule has 2 aromatic heterocycles. The quantitative estimate of drug-likeness (QED) is 0.265. The number of anilines is 3. The van der Waals surface area contributed by atoms with Gasteiger partial charge in [-0.15, -0.1) is 0 Å². The van der Waals surface area contributed by atoms with Crippen LogP contribution in [0.15, 0.2) is 53.2 Å². The van der Waals surface area contributed by atoms with Crippen molar-refractivity contribution in [3.05, 3.63) is 60.3 Å². The summed E-state index contributed by atoms with van der Waals surface area (Å²) in [5.74, 6) is 0.578. The fourth-order valence-corrected chi connectivity index (χ4v) is 3.43. The van der Waals surface area contributed by atoms with E-state index in [4.69, 9.17) is 4.52 Å². The predicted octanol–water partition coefficient (Wildman–Crippen LogP) is 3.07. The van der Waals surface area contributed by atoms with Gasteiger partial charge in [0.05, 0.1) is 12.1 Å². The minimum Gasteiger partial charge on any atom is -0.369 e. The fourth-order valence-electron chi connectivity index (χ4n) is 3.43. The van der Waals surface area contributed by atoms with Crippen molar-refractivity contribution in [3.8, 4) is 11.3 Å². The van der Waals surface area contributed by atoms with Crippen molar-refractivity contribution in [2.45, 2.75) is 19.8 Å². The van der Waals surface area contributed by atoms with Gasteiger partial charge in [-0.3, -0.25) is 9.59 Å². The van der Waals surface area contributed by atoms with E-state index < -0.39 is 0 Å². The Balaban J connectivity index is 1.57. The largest absolute Gasteiger partial charge is 0.369 e. The number of hydrogen-bond acceptors (Lipinski definition) is 9. The number of nitrogens with zero attached hydrogens (tertiary/aromatic N) is 5. The first-order valence-electron chi connectivity index (χ1n) is 12.7. The van der Waals surface area contributed by atoms with Crippen molar-refractivity contribution in [1.82, 2.24) is 30.2 Å². The first kappa shape index (κ1) is 29.2. The maximum Gasteiger partial charge on any atom is 0.246 e. The molecule has 11 nitrogen and oxygen atoms in total. The van der Waals surface area contributed by atoms with Crippen LogP contribution in [0.3, 0.4) is 0 Å². The van der Waals surface area contributed by atoms with E-state index in [2.05, 4.69) is 31.1 Å². The van der Waals surface area contributed by atoms with E-state index >= 15 is 0 Å². The van der Waals surface area contributed by atoms with Crippen LogP contribution in [0.4, 0.5) is 21.8 Å². The SMILES string of the molecule is CCCNc1nc(Nc2cccc(F)c2)ncc1-c1cc(CCNC(=O)CN(C)C(=O)/C=C/CN(C)C)on1. The van der Waals surface area contributed by atoms with Crippen LogP contribution >= 0.6 is 0 Å². The molecular formula is C27H35FN8O3. The van der Waals surface area contributed by atoms with Crippen LogP contribution < -0.4 is 16.0 Å². The third kappa shape index (κ3) is 9.49. The van der Waals surface area contributed by atoms with Gasteiger partial charge in [-0.2, -0.15) is 4.98 Å². The van der Waals surface area contributed by atoms with E-state index in [0.29, 0.717) is 60.5 Å². The molecule has 0 atom stereocenters. The van der Waals surface area contributed by atoms with Crippen LogP contribution in [-0.2, 0) is 16.0 Å². The molecule has 0 saturated carbocycles. The average Bonchev–Trinajstić information content (AvgIpc) is 3.36. The van der Waals surface area contributed by atoms with Crippen LogP contribution in [0, 0.1) is 5.82 Å². The number of hydrogen-bond donors (Lipinski definition) is 3. The van der Waals surface area contributed by atoms with Gasteiger partial charge in [-0.25, -0.2) is 9.37 Å². The maximum atomic E-state index is 13.5. The summed E-state index contributed by atoms with van der Waals surface area (Å²) in [5.41, 5.74) is 1.73. The second-order valence-electron chi connectivity index (χ2n) is 9.16. The van der Waals surface area contributed by atoms with Crippen LogP contribution in [0.5, 0.6) is 0 Å². The van der Waals surface area contributed by atoms with E-state index in [9.17, 15) is 14.0 Å². The van der Waals surface area contributed by atoms with Crippen LogP contribution in [0.1, 0.15) is 19.1 Å². The lowest BCUT2D eigenvalue weighted by Crippen LogP contribution is -2.38. The zero-order chi connectivity index (χ0) is 28.2. The van der Waals surface area contributed by atoms with Crippen molar-refractivity contribution >= 4 is 29.3 Å². The van der Waals surface area contributed by atoms with Crippen molar-refractivity contribution in [3.63, 3.8) is 0 Å². The molecule has 1 aromatic carbocycles. The van der Waals surface area contributed by atoms with E-state index in [0.717, 1.165) is 6.42 Å². The lowest BCUT2D eigenvalue weighted by Gasteiger charge is -2.14. The number of halogens is 1. The molecule has 0 unspecified atom stereocenters. The molecule has 0 aliphatic heterocycles. The van der Waals surface area contributed by atoms with Crippen LogP contribution in [-0.4, -0.2) is 84.1 Å². The molecule has 2 heterocycles. The molecule has 0 saturated heterocycles. The predicted molar refractivity (Wildman–Crippen MR) is 148 cm³/mol. The van der Waals surface area contributed by atoms with Gasteiger partial charge in [-0.05, 0) is 38.7 Å². The standard InChI is InChI=1S/C27H35FN8O3/c1-5-12-30-26-22(17-31-27(33-26)32-20-9-6-8-19(28)15-20)23-16-21(39-34-23)11-13-29-24(37)18-36(4)25(38)10-7-14-35(2)3/h6-10,15-17H,5,11-14,18H2,1-4H3,(H,29,37)(H2,30,31,32,33)/b10-7+. The second kappa shape index (κ2) is 14.6. The lowest BCUT2D eigenvalue weighted by molar-refractivity contribution is -0.131. The topological polar surface area (TPSA) is 129 Å². The van der Waals surface area contributed by atoms with Gasteiger partial charge in [0.15, 0.2) is 0 Å². The number of likely N-dealkylation sites (N-methyl/N-ethyl adjacent to an activating group) is 2. The van der Waals surface area contributed by atoms with E-state index in [1.54, 1.807) is 37.5 Å². The number of amides is 2. The summed E-state index contributed by atoms with van der Waals surface area (Å²) in [7, 11) is 5.39. The summed E-state index contributed by atoms with van der Waals surface area (Å²) in [5, 5.41) is 13.2. The van der Waals surface area contributed by atoms with Crippen molar-refractivity contribution in [2.75, 3.05) is 58.0 Å². The summed E-state index contributed by atoms with van der Waals surface area (Å²) in [6, 6.07) is 7.82. The van der Waals surface area contributed by atoms with Crippen LogP contribution in [0.25, 0.3) is 11.3 Å². The highest BCUT2D eigenvalue weighted by Crippen LogP contribution is 2.27. The summed E-state index contributed by atoms with van der Waals surface area (Å²) < 4.78 is 19.0. The molecule has 0 radical (unpaired) electrons. The highest BCUT2D eigenvalue weighted by molar-refractivity contribution is 5.91. The smallest absolute Gasteiger partial charge is 0.246 e. The van der Waals surface area contributed by atoms with Gasteiger partial charge in [0.1, 0.15) is 23.1 Å². The molecule has 12 heteroatoms. The van der Waals surface area contributed by atoms with Crippen molar-refractivity contribution in [2.24, 2.45) is 0 Å². The van der Waals surface area contributed by atoms with Gasteiger partial charge >= 0.3 is 0 Å². The molecule has 3 rings (SSSR count). The number of rotatable bonds is 14. The highest BCUT2D eigenvalue weighted by Gasteiger charge is 2.15. The van der Waals surface area contributed by atoms with Gasteiger partial charge in [0.2, 0.25) is 17.8 Å². The number of aromatic nitrogens is 3. The maximum absolute atomic E-state index is 13.5. The van der Waals surface area contributed by atoms with Gasteiger partial charge in [-0.1, -0.05) is 24.2 Å². The normalized spacial score (nSPS) is 11.1. The molecular weight excluding hydrogens is 503 g/mol. The Morgan fingerprint density at radius 2 is 1.97 bits per heavy atom.